The van der Waals surface area contributed by atoms with Crippen molar-refractivity contribution in [1.82, 2.24) is 41.7 Å². The number of likely N-dealkylation sites (tertiary alicyclic amines) is 2. The van der Waals surface area contributed by atoms with Crippen LogP contribution < -0.4 is 41.4 Å². The van der Waals surface area contributed by atoms with Crippen molar-refractivity contribution in [2.24, 2.45) is 0 Å². The molecule has 15 nitrogen and oxygen atoms in total. The van der Waals surface area contributed by atoms with E-state index in [1.54, 1.807) is 57.1 Å². The first kappa shape index (κ1) is 54.7. The van der Waals surface area contributed by atoms with Crippen molar-refractivity contribution in [3.8, 4) is 11.5 Å². The number of likely N-dealkylation sites (N-methyl/N-ethyl adjacent to an activating group) is 2. The molecular weight excluding hydrogens is 969 g/mol. The Labute approximate surface area is 453 Å². The van der Waals surface area contributed by atoms with Crippen LogP contribution in [0.15, 0.2) is 121 Å². The van der Waals surface area contributed by atoms with E-state index >= 15 is 0 Å². The van der Waals surface area contributed by atoms with E-state index in [0.717, 1.165) is 73.6 Å². The summed E-state index contributed by atoms with van der Waals surface area (Å²) in [7, 11) is 3.42. The van der Waals surface area contributed by atoms with Gasteiger partial charge in [-0.15, -0.1) is 0 Å². The SMILES string of the molecule is CN[C@@H](C)C(=O)NCC(=O)N1C(CN[C@@H]2CCCc3ccccc32)CCC1c1cccc(OCc2ccccc2COc2ccc([C@H](NC(=O)[C@H](C)NC)C(=O)N3CCC[C@H]3C(=O)N[C@@H]3CCCc4ccccc43)cc2)c1. The van der Waals surface area contributed by atoms with E-state index in [4.69, 9.17) is 9.47 Å². The monoisotopic (exact) mass is 1040 g/mol. The highest BCUT2D eigenvalue weighted by molar-refractivity contribution is 5.94. The lowest BCUT2D eigenvalue weighted by Crippen LogP contribution is -2.52. The lowest BCUT2D eigenvalue weighted by Gasteiger charge is -2.33. The standard InChI is InChI=1S/C62H76N8O7/c1-40(63-3)59(72)66-37-57(71)70-48(36-65-53-25-12-19-42-15-7-9-23-51(42)53)30-33-55(70)45-21-11-22-50(35-45)77-39-47-18-6-5-17-46(47)38-76-49-31-28-44(29-32-49)58(68-60(73)41(2)64-4)62(75)69-34-14-27-56(69)61(74)67-54-26-13-20-43-16-8-10-24-52(43)54/h5-11,15-18,21-24,28-29,31-32,35,40-41,48,53-56,58,63-65H,12-14,19-20,25-27,30,33-34,36-39H2,1-4H3,(H,66,72)(H,67,74)(H,68,73)/t40-,41-,48?,53+,54+,55?,56-,58-/m0/s1. The third-order valence-electron chi connectivity index (χ3n) is 16.2. The van der Waals surface area contributed by atoms with E-state index in [-0.39, 0.29) is 73.5 Å². The predicted octanol–water partition coefficient (Wildman–Crippen LogP) is 7.22. The van der Waals surface area contributed by atoms with Gasteiger partial charge in [-0.05, 0) is 161 Å². The average molecular weight is 1050 g/mol. The van der Waals surface area contributed by atoms with Crippen molar-refractivity contribution < 1.29 is 33.4 Å². The zero-order valence-corrected chi connectivity index (χ0v) is 45.0. The molecular formula is C62H76N8O7. The highest BCUT2D eigenvalue weighted by atomic mass is 16.5. The van der Waals surface area contributed by atoms with Gasteiger partial charge >= 0.3 is 0 Å². The molecule has 2 heterocycles. The molecule has 0 spiro atoms. The quantitative estimate of drug-likeness (QED) is 0.0439. The largest absolute Gasteiger partial charge is 0.489 e. The molecule has 2 saturated heterocycles. The summed E-state index contributed by atoms with van der Waals surface area (Å²) in [6.45, 7) is 5.00. The summed E-state index contributed by atoms with van der Waals surface area (Å²) in [6.07, 6.45) is 8.87. The van der Waals surface area contributed by atoms with Crippen LogP contribution in [0.3, 0.4) is 0 Å². The summed E-state index contributed by atoms with van der Waals surface area (Å²) in [4.78, 5) is 72.4. The number of hydrogen-bond acceptors (Lipinski definition) is 10. The first-order valence-electron chi connectivity index (χ1n) is 27.8. The maximum Gasteiger partial charge on any atom is 0.250 e. The number of ether oxygens (including phenoxy) is 2. The maximum atomic E-state index is 14.5. The summed E-state index contributed by atoms with van der Waals surface area (Å²) in [5.41, 5.74) is 8.53. The van der Waals surface area contributed by atoms with Gasteiger partial charge in [0.2, 0.25) is 29.5 Å². The normalized spacial score (nSPS) is 21.0. The third kappa shape index (κ3) is 13.2. The van der Waals surface area contributed by atoms with Crippen LogP contribution in [0, 0.1) is 0 Å². The zero-order valence-electron chi connectivity index (χ0n) is 45.0. The summed E-state index contributed by atoms with van der Waals surface area (Å²) >= 11 is 0. The summed E-state index contributed by atoms with van der Waals surface area (Å²) in [5, 5.41) is 18.8. The van der Waals surface area contributed by atoms with Crippen LogP contribution in [-0.2, 0) is 50.0 Å². The Hall–Kier alpha value is -7.07. The Kier molecular flexibility index (Phi) is 18.4. The van der Waals surface area contributed by atoms with Crippen LogP contribution in [0.5, 0.6) is 11.5 Å². The van der Waals surface area contributed by atoms with Gasteiger partial charge in [-0.2, -0.15) is 0 Å². The summed E-state index contributed by atoms with van der Waals surface area (Å²) in [6, 6.07) is 37.2. The number of benzene rings is 5. The van der Waals surface area contributed by atoms with Crippen molar-refractivity contribution in [2.45, 2.75) is 140 Å². The molecule has 5 aromatic rings. The number of aryl methyl sites for hydroxylation is 2. The van der Waals surface area contributed by atoms with Gasteiger partial charge in [0.15, 0.2) is 0 Å². The molecule has 8 atom stereocenters. The van der Waals surface area contributed by atoms with Crippen molar-refractivity contribution >= 4 is 29.5 Å². The smallest absolute Gasteiger partial charge is 0.250 e. The van der Waals surface area contributed by atoms with Crippen LogP contribution in [0.1, 0.15) is 134 Å². The van der Waals surface area contributed by atoms with E-state index in [0.29, 0.717) is 43.0 Å². The van der Waals surface area contributed by atoms with E-state index in [1.807, 2.05) is 59.5 Å². The number of fused-ring (bicyclic) bond motifs is 2. The zero-order chi connectivity index (χ0) is 53.8. The maximum absolute atomic E-state index is 14.5. The number of rotatable bonds is 21. The summed E-state index contributed by atoms with van der Waals surface area (Å²) in [5.74, 6) is 0.0801. The molecule has 2 fully saturated rings. The van der Waals surface area contributed by atoms with Gasteiger partial charge in [0, 0.05) is 25.2 Å². The first-order chi connectivity index (χ1) is 37.5. The molecule has 0 bridgehead atoms. The van der Waals surface area contributed by atoms with E-state index in [9.17, 15) is 24.0 Å². The third-order valence-corrected chi connectivity index (χ3v) is 16.2. The predicted molar refractivity (Wildman–Crippen MR) is 297 cm³/mol. The molecule has 0 aromatic heterocycles. The molecule has 15 heteroatoms. The molecule has 2 aliphatic heterocycles. The Morgan fingerprint density at radius 2 is 1.26 bits per heavy atom. The highest BCUT2D eigenvalue weighted by Gasteiger charge is 2.41. The van der Waals surface area contributed by atoms with Crippen molar-refractivity contribution in [2.75, 3.05) is 33.7 Å². The van der Waals surface area contributed by atoms with Crippen molar-refractivity contribution in [3.05, 3.63) is 166 Å². The molecule has 2 aliphatic carbocycles. The fourth-order valence-electron chi connectivity index (χ4n) is 11.6. The lowest BCUT2D eigenvalue weighted by molar-refractivity contribution is -0.142. The molecule has 4 aliphatic rings. The molecule has 2 unspecified atom stereocenters. The first-order valence-corrected chi connectivity index (χ1v) is 27.8. The molecule has 0 saturated carbocycles. The van der Waals surface area contributed by atoms with Gasteiger partial charge in [-0.25, -0.2) is 0 Å². The van der Waals surface area contributed by atoms with Gasteiger partial charge in [0.05, 0.1) is 30.7 Å². The number of nitrogens with zero attached hydrogens (tertiary/aromatic N) is 2. The Morgan fingerprint density at radius 3 is 1.95 bits per heavy atom. The Balaban J connectivity index is 0.842. The van der Waals surface area contributed by atoms with Gasteiger partial charge < -0.3 is 51.2 Å². The number of hydrogen-bond donors (Lipinski definition) is 6. The van der Waals surface area contributed by atoms with Crippen molar-refractivity contribution in [3.63, 3.8) is 0 Å². The van der Waals surface area contributed by atoms with Crippen LogP contribution in [0.2, 0.25) is 0 Å². The minimum Gasteiger partial charge on any atom is -0.489 e. The number of amides is 5. The van der Waals surface area contributed by atoms with Crippen LogP contribution in [0.4, 0.5) is 0 Å². The molecule has 406 valence electrons. The fourth-order valence-corrected chi connectivity index (χ4v) is 11.6. The van der Waals surface area contributed by atoms with E-state index in [2.05, 4.69) is 74.4 Å². The topological polar surface area (TPSA) is 182 Å². The van der Waals surface area contributed by atoms with Gasteiger partial charge in [-0.1, -0.05) is 97.1 Å². The second kappa shape index (κ2) is 25.8. The Morgan fingerprint density at radius 1 is 0.636 bits per heavy atom. The minimum absolute atomic E-state index is 0.0576. The second-order valence-corrected chi connectivity index (χ2v) is 21.1. The molecule has 5 aromatic carbocycles. The van der Waals surface area contributed by atoms with Gasteiger partial charge in [0.25, 0.3) is 0 Å². The van der Waals surface area contributed by atoms with Crippen LogP contribution >= 0.6 is 0 Å². The molecule has 5 amide bonds. The van der Waals surface area contributed by atoms with Crippen LogP contribution in [0.25, 0.3) is 0 Å². The summed E-state index contributed by atoms with van der Waals surface area (Å²) < 4.78 is 12.8. The number of carbonyl (C=O) groups excluding carboxylic acids is 5. The fraction of sp³-hybridized carbons (Fsp3) is 0.435. The second-order valence-electron chi connectivity index (χ2n) is 21.1. The highest BCUT2D eigenvalue weighted by Crippen LogP contribution is 2.39. The molecule has 6 N–H and O–H groups in total. The van der Waals surface area contributed by atoms with Gasteiger partial charge in [0.1, 0.15) is 36.8 Å². The van der Waals surface area contributed by atoms with Crippen LogP contribution in [-0.4, -0.2) is 97.2 Å². The molecule has 0 radical (unpaired) electrons. The van der Waals surface area contributed by atoms with E-state index in [1.165, 1.54) is 16.7 Å². The average Bonchev–Trinajstić information content (AvgIpc) is 4.15. The Bertz CT molecular complexity index is 2860. The lowest BCUT2D eigenvalue weighted by atomic mass is 9.87. The number of carbonyl (C=O) groups is 5. The van der Waals surface area contributed by atoms with E-state index < -0.39 is 24.2 Å². The molecule has 9 rings (SSSR count). The molecule has 77 heavy (non-hydrogen) atoms. The van der Waals surface area contributed by atoms with Crippen molar-refractivity contribution in [1.29, 1.82) is 0 Å². The van der Waals surface area contributed by atoms with Gasteiger partial charge in [-0.3, -0.25) is 24.0 Å². The number of nitrogens with one attached hydrogen (secondary N) is 6. The minimum atomic E-state index is -1.02.